The summed E-state index contributed by atoms with van der Waals surface area (Å²) in [7, 11) is 0. The zero-order valence-electron chi connectivity index (χ0n) is 15.9. The maximum absolute atomic E-state index is 10.2. The van der Waals surface area contributed by atoms with Gasteiger partial charge in [-0.2, -0.15) is 0 Å². The third kappa shape index (κ3) is 4.96. The molecule has 0 aromatic heterocycles. The lowest BCUT2D eigenvalue weighted by Crippen LogP contribution is -2.49. The first-order valence-electron chi connectivity index (χ1n) is 9.62. The number of hydrogen-bond acceptors (Lipinski definition) is 6. The van der Waals surface area contributed by atoms with Crippen molar-refractivity contribution in [3.05, 3.63) is 29.8 Å². The molecule has 0 unspecified atom stereocenters. The summed E-state index contributed by atoms with van der Waals surface area (Å²) in [5.74, 6) is 0.802. The van der Waals surface area contributed by atoms with Crippen LogP contribution < -0.4 is 15.8 Å². The molecule has 4 N–H and O–H groups in total. The highest BCUT2D eigenvalue weighted by molar-refractivity contribution is 5.31. The second-order valence-corrected chi connectivity index (χ2v) is 7.71. The minimum Gasteiger partial charge on any atom is -0.486 e. The zero-order valence-corrected chi connectivity index (χ0v) is 15.9. The van der Waals surface area contributed by atoms with Crippen molar-refractivity contribution in [1.29, 1.82) is 0 Å². The highest BCUT2D eigenvalue weighted by atomic mass is 16.5. The van der Waals surface area contributed by atoms with E-state index in [0.717, 1.165) is 24.2 Å². The normalized spacial score (nSPS) is 36.5. The summed E-state index contributed by atoms with van der Waals surface area (Å²) in [6.45, 7) is 7.08. The number of hydrogen-bond donors (Lipinski definition) is 3. The standard InChI is InChI=1S/C20H32N2O4/c1-12-7-17(21)20(11-25-12)26-16-6-4-5-15(9-16)14(3)22-18-8-13(2)24-10-19(18)23/h4-6,9,12-14,17-20,22-23H,7-8,10-11,21H2,1-3H3/t12-,13-,14-,17-,18-,19-,20-/m0/s1. The molecule has 0 spiro atoms. The Morgan fingerprint density at radius 2 is 1.92 bits per heavy atom. The molecule has 0 radical (unpaired) electrons. The molecule has 6 heteroatoms. The number of nitrogens with two attached hydrogens (primary N) is 1. The first-order chi connectivity index (χ1) is 12.4. The molecular weight excluding hydrogens is 332 g/mol. The Hall–Kier alpha value is -1.18. The monoisotopic (exact) mass is 364 g/mol. The van der Waals surface area contributed by atoms with Gasteiger partial charge in [-0.25, -0.2) is 0 Å². The predicted molar refractivity (Wildman–Crippen MR) is 100 cm³/mol. The molecule has 1 aromatic carbocycles. The van der Waals surface area contributed by atoms with Crippen LogP contribution in [0.3, 0.4) is 0 Å². The SMILES string of the molecule is C[C@H](N[C@H]1C[C@H](C)OC[C@@H]1O)c1cccc(O[C@H]2CO[C@@H](C)C[C@@H]2N)c1. The Bertz CT molecular complexity index is 585. The van der Waals surface area contributed by atoms with Gasteiger partial charge in [0.2, 0.25) is 0 Å². The molecular formula is C20H32N2O4. The van der Waals surface area contributed by atoms with Crippen LogP contribution in [0.25, 0.3) is 0 Å². The molecule has 0 bridgehead atoms. The molecule has 0 amide bonds. The van der Waals surface area contributed by atoms with Gasteiger partial charge in [-0.05, 0) is 51.3 Å². The predicted octanol–water partition coefficient (Wildman–Crippen LogP) is 1.76. The maximum Gasteiger partial charge on any atom is 0.137 e. The molecule has 146 valence electrons. The number of nitrogens with one attached hydrogen (secondary N) is 1. The average molecular weight is 364 g/mol. The summed E-state index contributed by atoms with van der Waals surface area (Å²) in [6.07, 6.45) is 1.35. The number of benzene rings is 1. The van der Waals surface area contributed by atoms with Gasteiger partial charge in [0, 0.05) is 18.1 Å². The third-order valence-corrected chi connectivity index (χ3v) is 5.34. The number of ether oxygens (including phenoxy) is 3. The van der Waals surface area contributed by atoms with Gasteiger partial charge in [0.05, 0.1) is 31.5 Å². The molecule has 1 aromatic rings. The molecule has 7 atom stereocenters. The van der Waals surface area contributed by atoms with Crippen LogP contribution in [0.2, 0.25) is 0 Å². The van der Waals surface area contributed by atoms with Crippen LogP contribution >= 0.6 is 0 Å². The van der Waals surface area contributed by atoms with Crippen molar-refractivity contribution in [3.8, 4) is 5.75 Å². The van der Waals surface area contributed by atoms with E-state index in [-0.39, 0.29) is 36.4 Å². The highest BCUT2D eigenvalue weighted by Crippen LogP contribution is 2.25. The molecule has 26 heavy (non-hydrogen) atoms. The minimum absolute atomic E-state index is 0.0168. The van der Waals surface area contributed by atoms with E-state index in [1.807, 2.05) is 32.0 Å². The smallest absolute Gasteiger partial charge is 0.137 e. The fourth-order valence-electron chi connectivity index (χ4n) is 3.70. The van der Waals surface area contributed by atoms with E-state index in [1.54, 1.807) is 0 Å². The maximum atomic E-state index is 10.2. The molecule has 2 aliphatic heterocycles. The summed E-state index contributed by atoms with van der Waals surface area (Å²) in [6, 6.07) is 8.16. The van der Waals surface area contributed by atoms with E-state index in [1.165, 1.54) is 0 Å². The van der Waals surface area contributed by atoms with Crippen LogP contribution in [0, 0.1) is 0 Å². The molecule has 2 fully saturated rings. The minimum atomic E-state index is -0.479. The summed E-state index contributed by atoms with van der Waals surface area (Å²) >= 11 is 0. The van der Waals surface area contributed by atoms with Gasteiger partial charge < -0.3 is 30.4 Å². The van der Waals surface area contributed by atoms with Gasteiger partial charge in [0.25, 0.3) is 0 Å². The lowest BCUT2D eigenvalue weighted by molar-refractivity contribution is -0.0681. The Morgan fingerprint density at radius 3 is 2.69 bits per heavy atom. The molecule has 2 saturated heterocycles. The Morgan fingerprint density at radius 1 is 1.19 bits per heavy atom. The van der Waals surface area contributed by atoms with Gasteiger partial charge >= 0.3 is 0 Å². The Labute approximate surface area is 156 Å². The van der Waals surface area contributed by atoms with Crippen molar-refractivity contribution in [1.82, 2.24) is 5.32 Å². The summed E-state index contributed by atoms with van der Waals surface area (Å²) in [5, 5.41) is 13.7. The first-order valence-corrected chi connectivity index (χ1v) is 9.62. The van der Waals surface area contributed by atoms with Crippen molar-refractivity contribution in [3.63, 3.8) is 0 Å². The third-order valence-electron chi connectivity index (χ3n) is 5.34. The Balaban J connectivity index is 1.61. The van der Waals surface area contributed by atoms with E-state index in [4.69, 9.17) is 19.9 Å². The topological polar surface area (TPSA) is 86.0 Å². The van der Waals surface area contributed by atoms with Crippen LogP contribution in [0.4, 0.5) is 0 Å². The lowest BCUT2D eigenvalue weighted by atomic mass is 9.99. The lowest BCUT2D eigenvalue weighted by Gasteiger charge is -2.35. The zero-order chi connectivity index (χ0) is 18.7. The molecule has 3 rings (SSSR count). The van der Waals surface area contributed by atoms with E-state index in [9.17, 15) is 5.11 Å². The molecule has 2 heterocycles. The van der Waals surface area contributed by atoms with Crippen LogP contribution in [0.5, 0.6) is 5.75 Å². The van der Waals surface area contributed by atoms with Crippen molar-refractivity contribution >= 4 is 0 Å². The fraction of sp³-hybridized carbons (Fsp3) is 0.700. The summed E-state index contributed by atoms with van der Waals surface area (Å²) in [4.78, 5) is 0. The summed E-state index contributed by atoms with van der Waals surface area (Å²) < 4.78 is 17.3. The highest BCUT2D eigenvalue weighted by Gasteiger charge is 2.30. The summed E-state index contributed by atoms with van der Waals surface area (Å²) in [5.41, 5.74) is 7.33. The fourth-order valence-corrected chi connectivity index (χ4v) is 3.70. The van der Waals surface area contributed by atoms with Crippen molar-refractivity contribution in [2.75, 3.05) is 13.2 Å². The van der Waals surface area contributed by atoms with Crippen LogP contribution in [-0.2, 0) is 9.47 Å². The van der Waals surface area contributed by atoms with Crippen molar-refractivity contribution < 1.29 is 19.3 Å². The quantitative estimate of drug-likeness (QED) is 0.738. The average Bonchev–Trinajstić information content (AvgIpc) is 2.61. The van der Waals surface area contributed by atoms with E-state index in [0.29, 0.717) is 13.2 Å². The van der Waals surface area contributed by atoms with E-state index >= 15 is 0 Å². The molecule has 6 nitrogen and oxygen atoms in total. The van der Waals surface area contributed by atoms with Crippen LogP contribution in [0.1, 0.15) is 45.2 Å². The van der Waals surface area contributed by atoms with Gasteiger partial charge in [0.1, 0.15) is 11.9 Å². The van der Waals surface area contributed by atoms with Crippen molar-refractivity contribution in [2.24, 2.45) is 5.73 Å². The van der Waals surface area contributed by atoms with Crippen molar-refractivity contribution in [2.45, 2.75) is 76.2 Å². The largest absolute Gasteiger partial charge is 0.486 e. The van der Waals surface area contributed by atoms with Crippen LogP contribution in [0.15, 0.2) is 24.3 Å². The van der Waals surface area contributed by atoms with Crippen LogP contribution in [-0.4, -0.2) is 54.8 Å². The molecule has 2 aliphatic rings. The van der Waals surface area contributed by atoms with Gasteiger partial charge in [-0.3, -0.25) is 0 Å². The van der Waals surface area contributed by atoms with E-state index < -0.39 is 6.10 Å². The first kappa shape index (κ1) is 19.6. The number of aliphatic hydroxyl groups is 1. The number of rotatable bonds is 5. The van der Waals surface area contributed by atoms with Gasteiger partial charge in [0.15, 0.2) is 0 Å². The Kier molecular flexibility index (Phi) is 6.53. The molecule has 0 aliphatic carbocycles. The number of aliphatic hydroxyl groups excluding tert-OH is 1. The molecule has 0 saturated carbocycles. The van der Waals surface area contributed by atoms with Gasteiger partial charge in [-0.1, -0.05) is 12.1 Å². The van der Waals surface area contributed by atoms with E-state index in [2.05, 4.69) is 18.3 Å². The van der Waals surface area contributed by atoms with Gasteiger partial charge in [-0.15, -0.1) is 0 Å². The second kappa shape index (κ2) is 8.67. The second-order valence-electron chi connectivity index (χ2n) is 7.71.